The molecule has 1 aromatic rings. The first-order chi connectivity index (χ1) is 9.25. The molecule has 110 valence electrons. The van der Waals surface area contributed by atoms with E-state index in [9.17, 15) is 22.8 Å². The van der Waals surface area contributed by atoms with Crippen molar-refractivity contribution in [2.75, 3.05) is 13.7 Å². The summed E-state index contributed by atoms with van der Waals surface area (Å²) < 4.78 is 42.1. The van der Waals surface area contributed by atoms with Gasteiger partial charge in [0.1, 0.15) is 0 Å². The topological polar surface area (TPSA) is 75.6 Å². The number of carboxylic acid groups (broad SMARTS) is 1. The molecule has 0 spiro atoms. The number of nitrogens with one attached hydrogen (secondary N) is 1. The molecule has 1 rings (SSSR count). The van der Waals surface area contributed by atoms with E-state index in [1.54, 1.807) is 0 Å². The summed E-state index contributed by atoms with van der Waals surface area (Å²) in [6.45, 7) is -0.292. The quantitative estimate of drug-likeness (QED) is 0.862. The molecule has 0 saturated heterocycles. The Morgan fingerprint density at radius 3 is 2.55 bits per heavy atom. The van der Waals surface area contributed by atoms with Crippen molar-refractivity contribution in [2.24, 2.45) is 0 Å². The normalized spacial score (nSPS) is 12.8. The number of methoxy groups -OCH3 is 1. The molecule has 0 aromatic heterocycles. The summed E-state index contributed by atoms with van der Waals surface area (Å²) in [7, 11) is 1.24. The average molecular weight is 291 g/mol. The van der Waals surface area contributed by atoms with Crippen LogP contribution >= 0.6 is 0 Å². The van der Waals surface area contributed by atoms with Gasteiger partial charge in [-0.1, -0.05) is 6.07 Å². The molecule has 0 fully saturated rings. The molecule has 0 radical (unpaired) electrons. The van der Waals surface area contributed by atoms with E-state index in [4.69, 9.17) is 5.11 Å². The van der Waals surface area contributed by atoms with Crippen molar-refractivity contribution in [1.82, 2.24) is 5.32 Å². The highest BCUT2D eigenvalue weighted by Crippen LogP contribution is 2.29. The molecule has 0 heterocycles. The maximum absolute atomic E-state index is 12.5. The number of alkyl halides is 3. The molecule has 0 saturated carbocycles. The van der Waals surface area contributed by atoms with Gasteiger partial charge in [0, 0.05) is 12.7 Å². The van der Waals surface area contributed by atoms with Gasteiger partial charge in [0.25, 0.3) is 5.91 Å². The fourth-order valence-corrected chi connectivity index (χ4v) is 1.42. The number of rotatable bonds is 5. The second kappa shape index (κ2) is 6.38. The summed E-state index contributed by atoms with van der Waals surface area (Å²) in [6.07, 6.45) is -4.57. The van der Waals surface area contributed by atoms with Crippen molar-refractivity contribution in [3.05, 3.63) is 35.4 Å². The zero-order chi connectivity index (χ0) is 15.3. The van der Waals surface area contributed by atoms with Gasteiger partial charge in [-0.3, -0.25) is 4.79 Å². The van der Waals surface area contributed by atoms with Crippen molar-refractivity contribution < 1.29 is 32.6 Å². The molecule has 5 nitrogen and oxygen atoms in total. The Kier molecular flexibility index (Phi) is 5.09. The minimum Gasteiger partial charge on any atom is -0.480 e. The first-order valence-electron chi connectivity index (χ1n) is 5.45. The second-order valence-electron chi connectivity index (χ2n) is 3.90. The highest BCUT2D eigenvalue weighted by molar-refractivity contribution is 5.96. The third-order valence-electron chi connectivity index (χ3n) is 2.39. The molecule has 8 heteroatoms. The van der Waals surface area contributed by atoms with Gasteiger partial charge in [0.2, 0.25) is 0 Å². The number of benzene rings is 1. The van der Waals surface area contributed by atoms with E-state index in [-0.39, 0.29) is 12.2 Å². The Hall–Kier alpha value is -2.09. The summed E-state index contributed by atoms with van der Waals surface area (Å²) in [4.78, 5) is 22.5. The predicted octanol–water partition coefficient (Wildman–Crippen LogP) is 1.53. The van der Waals surface area contributed by atoms with Crippen molar-refractivity contribution in [1.29, 1.82) is 0 Å². The van der Waals surface area contributed by atoms with E-state index in [1.807, 2.05) is 0 Å². The molecule has 0 bridgehead atoms. The van der Waals surface area contributed by atoms with Gasteiger partial charge >= 0.3 is 12.1 Å². The van der Waals surface area contributed by atoms with Crippen LogP contribution in [0.5, 0.6) is 0 Å². The van der Waals surface area contributed by atoms with Crippen molar-refractivity contribution in [2.45, 2.75) is 12.2 Å². The molecular formula is C12H12F3NO4. The molecular weight excluding hydrogens is 279 g/mol. The molecule has 0 aliphatic carbocycles. The van der Waals surface area contributed by atoms with Crippen molar-refractivity contribution in [3.63, 3.8) is 0 Å². The summed E-state index contributed by atoms with van der Waals surface area (Å²) in [6, 6.07) is 2.38. The predicted molar refractivity (Wildman–Crippen MR) is 62.2 cm³/mol. The van der Waals surface area contributed by atoms with Crippen LogP contribution < -0.4 is 5.32 Å². The van der Waals surface area contributed by atoms with E-state index < -0.39 is 29.7 Å². The van der Waals surface area contributed by atoms with Crippen LogP contribution in [0.2, 0.25) is 0 Å². The van der Waals surface area contributed by atoms with Gasteiger partial charge in [0.15, 0.2) is 6.04 Å². The number of carbonyl (C=O) groups is 2. The van der Waals surface area contributed by atoms with Gasteiger partial charge in [-0.15, -0.1) is 0 Å². The average Bonchev–Trinajstić information content (AvgIpc) is 2.37. The summed E-state index contributed by atoms with van der Waals surface area (Å²) >= 11 is 0. The summed E-state index contributed by atoms with van der Waals surface area (Å²) in [5.41, 5.74) is -1.26. The number of ether oxygens (including phenoxy) is 1. The lowest BCUT2D eigenvalue weighted by molar-refractivity contribution is -0.140. The Morgan fingerprint density at radius 1 is 1.40 bits per heavy atom. The maximum Gasteiger partial charge on any atom is 0.416 e. The van der Waals surface area contributed by atoms with E-state index in [1.165, 1.54) is 7.11 Å². The standard InChI is InChI=1S/C12H12F3NO4/c1-20-6-9(11(18)19)16-10(17)7-3-2-4-8(5-7)12(13,14)15/h2-5,9H,6H2,1H3,(H,16,17)(H,18,19). The number of carboxylic acids is 1. The fraction of sp³-hybridized carbons (Fsp3) is 0.333. The number of hydrogen-bond donors (Lipinski definition) is 2. The smallest absolute Gasteiger partial charge is 0.416 e. The van der Waals surface area contributed by atoms with Gasteiger partial charge in [-0.25, -0.2) is 4.79 Å². The summed E-state index contributed by atoms with van der Waals surface area (Å²) in [5, 5.41) is 10.9. The van der Waals surface area contributed by atoms with E-state index in [0.29, 0.717) is 6.07 Å². The first kappa shape index (κ1) is 16.0. The third-order valence-corrected chi connectivity index (χ3v) is 2.39. The zero-order valence-electron chi connectivity index (χ0n) is 10.4. The van der Waals surface area contributed by atoms with Crippen LogP contribution in [0.15, 0.2) is 24.3 Å². The van der Waals surface area contributed by atoms with Crippen LogP contribution in [0.1, 0.15) is 15.9 Å². The Bertz CT molecular complexity index is 502. The molecule has 1 unspecified atom stereocenters. The molecule has 1 amide bonds. The van der Waals surface area contributed by atoms with Crippen molar-refractivity contribution >= 4 is 11.9 Å². The lowest BCUT2D eigenvalue weighted by Gasteiger charge is -2.14. The molecule has 1 aromatic carbocycles. The second-order valence-corrected chi connectivity index (χ2v) is 3.90. The lowest BCUT2D eigenvalue weighted by Crippen LogP contribution is -2.43. The monoisotopic (exact) mass is 291 g/mol. The number of amides is 1. The fourth-order valence-electron chi connectivity index (χ4n) is 1.42. The van der Waals surface area contributed by atoms with Gasteiger partial charge in [0.05, 0.1) is 12.2 Å². The molecule has 1 atom stereocenters. The lowest BCUT2D eigenvalue weighted by atomic mass is 10.1. The number of carbonyl (C=O) groups excluding carboxylic acids is 1. The summed E-state index contributed by atoms with van der Waals surface area (Å²) in [5.74, 6) is -2.26. The number of hydrogen-bond acceptors (Lipinski definition) is 3. The molecule has 20 heavy (non-hydrogen) atoms. The molecule has 2 N–H and O–H groups in total. The van der Waals surface area contributed by atoms with Crippen LogP contribution in [0.3, 0.4) is 0 Å². The zero-order valence-corrected chi connectivity index (χ0v) is 10.4. The third kappa shape index (κ3) is 4.23. The van der Waals surface area contributed by atoms with Crippen LogP contribution in [-0.2, 0) is 15.7 Å². The van der Waals surface area contributed by atoms with Crippen LogP contribution in [0.25, 0.3) is 0 Å². The van der Waals surface area contributed by atoms with Gasteiger partial charge < -0.3 is 15.2 Å². The van der Waals surface area contributed by atoms with Crippen LogP contribution in [-0.4, -0.2) is 36.7 Å². The highest BCUT2D eigenvalue weighted by Gasteiger charge is 2.31. The maximum atomic E-state index is 12.5. The number of halogens is 3. The SMILES string of the molecule is COCC(NC(=O)c1cccc(C(F)(F)F)c1)C(=O)O. The number of aliphatic carboxylic acids is 1. The van der Waals surface area contributed by atoms with Gasteiger partial charge in [-0.2, -0.15) is 13.2 Å². The van der Waals surface area contributed by atoms with E-state index >= 15 is 0 Å². The Morgan fingerprint density at radius 2 is 2.05 bits per heavy atom. The largest absolute Gasteiger partial charge is 0.480 e. The Labute approximate surface area is 112 Å². The molecule has 0 aliphatic heterocycles. The molecule has 0 aliphatic rings. The van der Waals surface area contributed by atoms with Gasteiger partial charge in [-0.05, 0) is 18.2 Å². The minimum absolute atomic E-state index is 0.276. The highest BCUT2D eigenvalue weighted by atomic mass is 19.4. The van der Waals surface area contributed by atoms with E-state index in [0.717, 1.165) is 18.2 Å². The van der Waals surface area contributed by atoms with Crippen LogP contribution in [0.4, 0.5) is 13.2 Å². The first-order valence-corrected chi connectivity index (χ1v) is 5.45. The van der Waals surface area contributed by atoms with Crippen molar-refractivity contribution in [3.8, 4) is 0 Å². The Balaban J connectivity index is 2.89. The minimum atomic E-state index is -4.57. The van der Waals surface area contributed by atoms with E-state index in [2.05, 4.69) is 10.1 Å². The van der Waals surface area contributed by atoms with Crippen LogP contribution in [0, 0.1) is 0 Å².